The quantitative estimate of drug-likeness (QED) is 0.567. The average molecular weight is 122 g/mol. The van der Waals surface area contributed by atoms with Gasteiger partial charge < -0.3 is 5.11 Å². The summed E-state index contributed by atoms with van der Waals surface area (Å²) < 4.78 is 0. The SMILES string of the molecule is [13CH3][13CH2]C(O)([13CH2][13CH3])[13CH2][13CH3]. The first kappa shape index (κ1) is 7.96. The lowest BCUT2D eigenvalue weighted by molar-refractivity contribution is 0.0285. The molecule has 0 aliphatic rings. The van der Waals surface area contributed by atoms with Gasteiger partial charge in [-0.3, -0.25) is 0 Å². The first-order chi connectivity index (χ1) is 3.68. The third-order valence-electron chi connectivity index (χ3n) is 1.97. The number of rotatable bonds is 3. The molecule has 0 aliphatic carbocycles. The largest absolute Gasteiger partial charge is 0.390 e. The lowest BCUT2D eigenvalue weighted by Crippen LogP contribution is -2.24. The highest BCUT2D eigenvalue weighted by Gasteiger charge is 2.17. The van der Waals surface area contributed by atoms with Crippen LogP contribution in [0.3, 0.4) is 0 Å². The van der Waals surface area contributed by atoms with Gasteiger partial charge in [-0.2, -0.15) is 0 Å². The number of aliphatic hydroxyl groups is 1. The molecule has 1 nitrogen and oxygen atoms in total. The summed E-state index contributed by atoms with van der Waals surface area (Å²) in [5.74, 6) is 0. The Morgan fingerprint density at radius 1 is 1.00 bits per heavy atom. The minimum Gasteiger partial charge on any atom is -0.390 e. The monoisotopic (exact) mass is 122 g/mol. The summed E-state index contributed by atoms with van der Waals surface area (Å²) in [6.07, 6.45) is 2.62. The Bertz CT molecular complexity index is 47.1. The summed E-state index contributed by atoms with van der Waals surface area (Å²) >= 11 is 0. The van der Waals surface area contributed by atoms with E-state index in [1.807, 2.05) is 20.8 Å². The molecule has 0 aliphatic heterocycles. The Morgan fingerprint density at radius 2 is 1.25 bits per heavy atom. The van der Waals surface area contributed by atoms with Crippen LogP contribution < -0.4 is 0 Å². The van der Waals surface area contributed by atoms with Crippen molar-refractivity contribution in [2.24, 2.45) is 0 Å². The van der Waals surface area contributed by atoms with Crippen molar-refractivity contribution >= 4 is 0 Å². The zero-order valence-electron chi connectivity index (χ0n) is 6.07. The summed E-state index contributed by atoms with van der Waals surface area (Å²) in [5, 5.41) is 9.44. The van der Waals surface area contributed by atoms with Gasteiger partial charge in [-0.05, 0) is 19.3 Å². The highest BCUT2D eigenvalue weighted by atomic mass is 16.3. The third-order valence-corrected chi connectivity index (χ3v) is 1.97. The fraction of sp³-hybridized carbons (Fsp3) is 1.00. The summed E-state index contributed by atoms with van der Waals surface area (Å²) in [6.45, 7) is 6.06. The molecule has 0 amide bonds. The Balaban J connectivity index is 3.58. The molecule has 1 heteroatoms. The summed E-state index contributed by atoms with van der Waals surface area (Å²) in [7, 11) is 0. The lowest BCUT2D eigenvalue weighted by Gasteiger charge is -2.22. The minimum atomic E-state index is -0.375. The van der Waals surface area contributed by atoms with Gasteiger partial charge >= 0.3 is 0 Å². The molecule has 1 N–H and O–H groups in total. The molecule has 0 bridgehead atoms. The first-order valence-corrected chi connectivity index (χ1v) is 3.41. The predicted molar refractivity (Wildman–Crippen MR) is 35.8 cm³/mol. The normalized spacial score (nSPS) is 12.0. The van der Waals surface area contributed by atoms with Gasteiger partial charge in [0.2, 0.25) is 0 Å². The van der Waals surface area contributed by atoms with E-state index in [4.69, 9.17) is 0 Å². The van der Waals surface area contributed by atoms with E-state index in [-0.39, 0.29) is 5.60 Å². The van der Waals surface area contributed by atoms with E-state index < -0.39 is 0 Å². The average Bonchev–Trinajstić information content (AvgIpc) is 1.87. The highest BCUT2D eigenvalue weighted by molar-refractivity contribution is 4.71. The molecule has 50 valence electrons. The van der Waals surface area contributed by atoms with E-state index in [9.17, 15) is 5.11 Å². The molecule has 0 heterocycles. The van der Waals surface area contributed by atoms with Crippen LogP contribution in [0.1, 0.15) is 40.0 Å². The molecule has 0 aromatic carbocycles. The smallest absolute Gasteiger partial charge is 0.0640 e. The maximum absolute atomic E-state index is 9.44. The topological polar surface area (TPSA) is 20.2 Å². The molecule has 0 radical (unpaired) electrons. The Labute approximate surface area is 51.7 Å². The molecule has 0 spiro atoms. The van der Waals surface area contributed by atoms with Gasteiger partial charge in [-0.15, -0.1) is 0 Å². The van der Waals surface area contributed by atoms with Crippen molar-refractivity contribution in [2.45, 2.75) is 45.6 Å². The van der Waals surface area contributed by atoms with Crippen LogP contribution in [-0.2, 0) is 0 Å². The third kappa shape index (κ3) is 1.83. The van der Waals surface area contributed by atoms with Crippen LogP contribution >= 0.6 is 0 Å². The molecule has 0 rings (SSSR count). The zero-order chi connectivity index (χ0) is 6.62. The second-order valence-corrected chi connectivity index (χ2v) is 2.29. The molecule has 0 aromatic heterocycles. The van der Waals surface area contributed by atoms with Crippen molar-refractivity contribution in [3.05, 3.63) is 0 Å². The molecule has 8 heavy (non-hydrogen) atoms. The van der Waals surface area contributed by atoms with E-state index in [2.05, 4.69) is 0 Å². The van der Waals surface area contributed by atoms with Crippen molar-refractivity contribution in [3.8, 4) is 0 Å². The maximum Gasteiger partial charge on any atom is 0.0640 e. The molecular weight excluding hydrogens is 106 g/mol. The van der Waals surface area contributed by atoms with Gasteiger partial charge in [0.1, 0.15) is 0 Å². The van der Waals surface area contributed by atoms with Crippen molar-refractivity contribution in [1.29, 1.82) is 0 Å². The van der Waals surface area contributed by atoms with Gasteiger partial charge in [-0.1, -0.05) is 20.8 Å². The summed E-state index contributed by atoms with van der Waals surface area (Å²) in [4.78, 5) is 0. The van der Waals surface area contributed by atoms with Crippen molar-refractivity contribution in [2.75, 3.05) is 0 Å². The molecule has 0 aromatic rings. The second kappa shape index (κ2) is 3.08. The van der Waals surface area contributed by atoms with Crippen LogP contribution in [0.25, 0.3) is 0 Å². The summed E-state index contributed by atoms with van der Waals surface area (Å²) in [6, 6.07) is 0. The van der Waals surface area contributed by atoms with Crippen molar-refractivity contribution < 1.29 is 5.11 Å². The predicted octanol–water partition coefficient (Wildman–Crippen LogP) is 1.95. The Kier molecular flexibility index (Phi) is 3.06. The number of hydrogen-bond donors (Lipinski definition) is 1. The van der Waals surface area contributed by atoms with Gasteiger partial charge in [0.15, 0.2) is 0 Å². The van der Waals surface area contributed by atoms with Crippen molar-refractivity contribution in [1.82, 2.24) is 0 Å². The van der Waals surface area contributed by atoms with E-state index >= 15 is 0 Å². The van der Waals surface area contributed by atoms with E-state index in [1.54, 1.807) is 0 Å². The fourth-order valence-electron chi connectivity index (χ4n) is 0.750. The van der Waals surface area contributed by atoms with Crippen LogP contribution in [0.15, 0.2) is 0 Å². The Morgan fingerprint density at radius 3 is 1.25 bits per heavy atom. The van der Waals surface area contributed by atoms with E-state index in [0.29, 0.717) is 0 Å². The second-order valence-electron chi connectivity index (χ2n) is 2.29. The number of hydrogen-bond acceptors (Lipinski definition) is 1. The highest BCUT2D eigenvalue weighted by Crippen LogP contribution is 2.17. The Hall–Kier alpha value is -0.0400. The molecule has 0 saturated heterocycles. The fourth-order valence-corrected chi connectivity index (χ4v) is 0.750. The van der Waals surface area contributed by atoms with Gasteiger partial charge in [0.05, 0.1) is 5.60 Å². The van der Waals surface area contributed by atoms with Crippen LogP contribution in [0, 0.1) is 0 Å². The van der Waals surface area contributed by atoms with Crippen LogP contribution in [0.2, 0.25) is 0 Å². The standard InChI is InChI=1S/C7H16O/c1-4-7(8,5-2)6-3/h8H,4-6H2,1-3H3/i1+1,2+1,3+1,4+1,5+1,6+1. The lowest BCUT2D eigenvalue weighted by atomic mass is 10.4. The van der Waals surface area contributed by atoms with Crippen LogP contribution in [0.4, 0.5) is 0 Å². The van der Waals surface area contributed by atoms with Crippen molar-refractivity contribution in [3.63, 3.8) is 0 Å². The molecule has 0 saturated carbocycles. The molecule has 0 fully saturated rings. The van der Waals surface area contributed by atoms with E-state index in [1.165, 1.54) is 0 Å². The zero-order valence-corrected chi connectivity index (χ0v) is 6.07. The van der Waals surface area contributed by atoms with Gasteiger partial charge in [-0.25, -0.2) is 0 Å². The minimum absolute atomic E-state index is 0.375. The van der Waals surface area contributed by atoms with Gasteiger partial charge in [0.25, 0.3) is 0 Å². The first-order valence-electron chi connectivity index (χ1n) is 3.41. The van der Waals surface area contributed by atoms with Crippen LogP contribution in [0.5, 0.6) is 0 Å². The maximum atomic E-state index is 9.44. The van der Waals surface area contributed by atoms with Crippen LogP contribution in [-0.4, -0.2) is 10.7 Å². The molecular formula is C7H16O. The van der Waals surface area contributed by atoms with E-state index in [0.717, 1.165) is 19.3 Å². The molecule has 0 atom stereocenters. The summed E-state index contributed by atoms with van der Waals surface area (Å²) in [5.41, 5.74) is -0.375. The molecule has 0 unspecified atom stereocenters. The van der Waals surface area contributed by atoms with Gasteiger partial charge in [0, 0.05) is 0 Å².